The predicted molar refractivity (Wildman–Crippen MR) is 112 cm³/mol. The van der Waals surface area contributed by atoms with Crippen LogP contribution in [0.5, 0.6) is 5.75 Å². The minimum Gasteiger partial charge on any atom is -0.496 e. The van der Waals surface area contributed by atoms with Gasteiger partial charge in [-0.1, -0.05) is 18.2 Å². The normalized spacial score (nSPS) is 12.1. The number of aliphatic hydroxyl groups excluding tert-OH is 2. The fourth-order valence-corrected chi connectivity index (χ4v) is 3.35. The van der Waals surface area contributed by atoms with Crippen molar-refractivity contribution in [1.29, 1.82) is 0 Å². The Morgan fingerprint density at radius 3 is 2.60 bits per heavy atom. The SMILES string of the molecule is COc1cc(CO)ccc1-c1cc2c(NC(CO)c3ccc(F)cc3)ncnc2[nH]1. The van der Waals surface area contributed by atoms with Crippen LogP contribution in [0.4, 0.5) is 10.2 Å². The van der Waals surface area contributed by atoms with E-state index >= 15 is 0 Å². The van der Waals surface area contributed by atoms with Gasteiger partial charge in [0.1, 0.15) is 29.4 Å². The Hall–Kier alpha value is -3.49. The van der Waals surface area contributed by atoms with Crippen molar-refractivity contribution in [3.8, 4) is 17.0 Å². The van der Waals surface area contributed by atoms with Crippen molar-refractivity contribution < 1.29 is 19.3 Å². The number of nitrogens with one attached hydrogen (secondary N) is 2. The van der Waals surface area contributed by atoms with Crippen LogP contribution < -0.4 is 10.1 Å². The average Bonchev–Trinajstić information content (AvgIpc) is 3.22. The molecular formula is C22H21FN4O3. The molecule has 0 aliphatic carbocycles. The first-order valence-corrected chi connectivity index (χ1v) is 9.37. The highest BCUT2D eigenvalue weighted by atomic mass is 19.1. The summed E-state index contributed by atoms with van der Waals surface area (Å²) in [5.41, 5.74) is 3.70. The Morgan fingerprint density at radius 2 is 1.90 bits per heavy atom. The number of halogens is 1. The third-order valence-electron chi connectivity index (χ3n) is 4.93. The van der Waals surface area contributed by atoms with Gasteiger partial charge in [0, 0.05) is 5.56 Å². The summed E-state index contributed by atoms with van der Waals surface area (Å²) in [6.45, 7) is -0.264. The number of H-pyrrole nitrogens is 1. The maximum atomic E-state index is 13.2. The summed E-state index contributed by atoms with van der Waals surface area (Å²) in [6.07, 6.45) is 1.43. The number of nitrogens with zero attached hydrogens (tertiary/aromatic N) is 2. The second-order valence-corrected chi connectivity index (χ2v) is 6.79. The number of rotatable bonds is 7. The lowest BCUT2D eigenvalue weighted by atomic mass is 10.1. The maximum Gasteiger partial charge on any atom is 0.143 e. The van der Waals surface area contributed by atoms with Crippen molar-refractivity contribution in [3.05, 3.63) is 71.8 Å². The molecule has 4 aromatic rings. The molecule has 154 valence electrons. The van der Waals surface area contributed by atoms with Gasteiger partial charge >= 0.3 is 0 Å². The summed E-state index contributed by atoms with van der Waals surface area (Å²) in [5.74, 6) is 0.822. The number of benzene rings is 2. The van der Waals surface area contributed by atoms with Crippen LogP contribution in [0.25, 0.3) is 22.3 Å². The molecule has 1 unspecified atom stereocenters. The van der Waals surface area contributed by atoms with Crippen LogP contribution >= 0.6 is 0 Å². The van der Waals surface area contributed by atoms with Gasteiger partial charge in [-0.2, -0.15) is 0 Å². The van der Waals surface area contributed by atoms with Crippen LogP contribution in [0.1, 0.15) is 17.2 Å². The third kappa shape index (κ3) is 3.83. The van der Waals surface area contributed by atoms with Crippen LogP contribution in [0.3, 0.4) is 0 Å². The molecule has 30 heavy (non-hydrogen) atoms. The van der Waals surface area contributed by atoms with Gasteiger partial charge in [0.15, 0.2) is 0 Å². The van der Waals surface area contributed by atoms with E-state index in [0.29, 0.717) is 17.2 Å². The Balaban J connectivity index is 1.71. The Kier molecular flexibility index (Phi) is 5.60. The fourth-order valence-electron chi connectivity index (χ4n) is 3.35. The Labute approximate surface area is 172 Å². The molecule has 8 heteroatoms. The van der Waals surface area contributed by atoms with Gasteiger partial charge in [-0.15, -0.1) is 0 Å². The summed E-state index contributed by atoms with van der Waals surface area (Å²) in [5, 5.41) is 23.1. The smallest absolute Gasteiger partial charge is 0.143 e. The van der Waals surface area contributed by atoms with Gasteiger partial charge in [0.05, 0.1) is 37.4 Å². The first-order chi connectivity index (χ1) is 14.6. The van der Waals surface area contributed by atoms with Crippen molar-refractivity contribution in [2.75, 3.05) is 19.0 Å². The lowest BCUT2D eigenvalue weighted by Crippen LogP contribution is -2.15. The quantitative estimate of drug-likeness (QED) is 0.374. The van der Waals surface area contributed by atoms with Gasteiger partial charge in [0.2, 0.25) is 0 Å². The number of methoxy groups -OCH3 is 1. The highest BCUT2D eigenvalue weighted by molar-refractivity contribution is 5.92. The van der Waals surface area contributed by atoms with Gasteiger partial charge < -0.3 is 25.3 Å². The highest BCUT2D eigenvalue weighted by Crippen LogP contribution is 2.34. The van der Waals surface area contributed by atoms with Crippen LogP contribution in [0.2, 0.25) is 0 Å². The van der Waals surface area contributed by atoms with E-state index in [1.807, 2.05) is 18.2 Å². The van der Waals surface area contributed by atoms with Crippen molar-refractivity contribution in [3.63, 3.8) is 0 Å². The number of hydrogen-bond donors (Lipinski definition) is 4. The molecule has 0 radical (unpaired) electrons. The minimum atomic E-state index is -0.458. The summed E-state index contributed by atoms with van der Waals surface area (Å²) in [4.78, 5) is 11.9. The topological polar surface area (TPSA) is 103 Å². The molecule has 0 saturated heterocycles. The van der Waals surface area contributed by atoms with Crippen LogP contribution in [0.15, 0.2) is 54.9 Å². The van der Waals surface area contributed by atoms with Crippen molar-refractivity contribution in [1.82, 2.24) is 15.0 Å². The van der Waals surface area contributed by atoms with E-state index in [2.05, 4.69) is 20.3 Å². The maximum absolute atomic E-state index is 13.2. The Morgan fingerprint density at radius 1 is 1.10 bits per heavy atom. The fraction of sp³-hybridized carbons (Fsp3) is 0.182. The van der Waals surface area contributed by atoms with E-state index < -0.39 is 6.04 Å². The van der Waals surface area contributed by atoms with E-state index in [0.717, 1.165) is 27.8 Å². The summed E-state index contributed by atoms with van der Waals surface area (Å²) >= 11 is 0. The van der Waals surface area contributed by atoms with E-state index in [4.69, 9.17) is 4.74 Å². The molecule has 0 spiro atoms. The number of aromatic nitrogens is 3. The molecule has 0 amide bonds. The summed E-state index contributed by atoms with van der Waals surface area (Å²) < 4.78 is 18.7. The van der Waals surface area contributed by atoms with E-state index in [-0.39, 0.29) is 19.0 Å². The van der Waals surface area contributed by atoms with Crippen LogP contribution in [0, 0.1) is 5.82 Å². The van der Waals surface area contributed by atoms with Crippen molar-refractivity contribution in [2.24, 2.45) is 0 Å². The molecule has 1 atom stereocenters. The zero-order valence-electron chi connectivity index (χ0n) is 16.3. The monoisotopic (exact) mass is 408 g/mol. The van der Waals surface area contributed by atoms with Crippen LogP contribution in [-0.4, -0.2) is 38.9 Å². The van der Waals surface area contributed by atoms with Gasteiger partial charge in [-0.3, -0.25) is 0 Å². The second-order valence-electron chi connectivity index (χ2n) is 6.79. The number of hydrogen-bond acceptors (Lipinski definition) is 6. The lowest BCUT2D eigenvalue weighted by molar-refractivity contribution is 0.276. The number of ether oxygens (including phenoxy) is 1. The zero-order valence-corrected chi connectivity index (χ0v) is 16.3. The van der Waals surface area contributed by atoms with E-state index in [1.165, 1.54) is 18.5 Å². The molecule has 2 heterocycles. The molecule has 0 bridgehead atoms. The molecule has 0 aliphatic rings. The molecule has 2 aromatic heterocycles. The number of anilines is 1. The molecule has 4 N–H and O–H groups in total. The minimum absolute atomic E-state index is 0.0746. The largest absolute Gasteiger partial charge is 0.496 e. The summed E-state index contributed by atoms with van der Waals surface area (Å²) in [7, 11) is 1.57. The molecular weight excluding hydrogens is 387 g/mol. The van der Waals surface area contributed by atoms with Gasteiger partial charge in [-0.05, 0) is 41.5 Å². The molecule has 7 nitrogen and oxygen atoms in total. The van der Waals surface area contributed by atoms with Crippen molar-refractivity contribution in [2.45, 2.75) is 12.6 Å². The third-order valence-corrected chi connectivity index (χ3v) is 4.93. The Bertz CT molecular complexity index is 1160. The lowest BCUT2D eigenvalue weighted by Gasteiger charge is -2.17. The van der Waals surface area contributed by atoms with Crippen LogP contribution in [-0.2, 0) is 6.61 Å². The molecule has 0 saturated carbocycles. The first-order valence-electron chi connectivity index (χ1n) is 9.37. The standard InChI is InChI=1S/C22H21FN4O3/c1-30-20-8-13(10-28)2-7-16(20)18-9-17-21(26-18)24-12-25-22(17)27-19(11-29)14-3-5-15(23)6-4-14/h2-9,12,19,28-29H,10-11H2,1H3,(H2,24,25,26,27). The number of fused-ring (bicyclic) bond motifs is 1. The molecule has 2 aromatic carbocycles. The zero-order chi connectivity index (χ0) is 21.1. The first kappa shape index (κ1) is 19.8. The predicted octanol–water partition coefficient (Wildman–Crippen LogP) is 3.41. The van der Waals surface area contributed by atoms with Crippen molar-refractivity contribution >= 4 is 16.9 Å². The average molecular weight is 408 g/mol. The summed E-state index contributed by atoms with van der Waals surface area (Å²) in [6, 6.07) is 12.9. The number of aliphatic hydroxyl groups is 2. The molecule has 4 rings (SSSR count). The highest BCUT2D eigenvalue weighted by Gasteiger charge is 2.16. The number of aromatic amines is 1. The molecule has 0 aliphatic heterocycles. The van der Waals surface area contributed by atoms with Gasteiger partial charge in [-0.25, -0.2) is 14.4 Å². The van der Waals surface area contributed by atoms with Gasteiger partial charge in [0.25, 0.3) is 0 Å². The second kappa shape index (κ2) is 8.48. The van der Waals surface area contributed by atoms with E-state index in [9.17, 15) is 14.6 Å². The van der Waals surface area contributed by atoms with E-state index in [1.54, 1.807) is 25.3 Å². The molecule has 0 fully saturated rings.